The van der Waals surface area contributed by atoms with E-state index in [4.69, 9.17) is 9.47 Å². The van der Waals surface area contributed by atoms with Crippen molar-refractivity contribution < 1.29 is 14.3 Å². The third kappa shape index (κ3) is 4.23. The van der Waals surface area contributed by atoms with Crippen molar-refractivity contribution in [1.82, 2.24) is 15.5 Å². The van der Waals surface area contributed by atoms with Crippen LogP contribution in [-0.4, -0.2) is 36.0 Å². The lowest BCUT2D eigenvalue weighted by atomic mass is 9.97. The topological polar surface area (TPSA) is 76.6 Å². The zero-order chi connectivity index (χ0) is 21.9. The molecule has 2 aromatic carbocycles. The minimum atomic E-state index is -0.0735. The zero-order valence-electron chi connectivity index (χ0n) is 18.1. The van der Waals surface area contributed by atoms with Crippen molar-refractivity contribution in [3.63, 3.8) is 0 Å². The lowest BCUT2D eigenvalue weighted by Gasteiger charge is -2.32. The third-order valence-electron chi connectivity index (χ3n) is 6.09. The first-order valence-electron chi connectivity index (χ1n) is 11.0. The molecule has 164 valence electrons. The number of rotatable bonds is 5. The number of carbonyl (C=O) groups excluding carboxylic acids is 1. The second-order valence-electron chi connectivity index (χ2n) is 8.28. The van der Waals surface area contributed by atoms with Crippen LogP contribution in [0, 0.1) is 12.8 Å². The molecule has 0 spiro atoms. The maximum atomic E-state index is 12.8. The van der Waals surface area contributed by atoms with Crippen molar-refractivity contribution in [1.29, 1.82) is 0 Å². The van der Waals surface area contributed by atoms with E-state index in [-0.39, 0.29) is 18.6 Å². The highest BCUT2D eigenvalue weighted by molar-refractivity contribution is 5.79. The number of anilines is 1. The first-order chi connectivity index (χ1) is 15.7. The van der Waals surface area contributed by atoms with Gasteiger partial charge in [-0.2, -0.15) is 0 Å². The van der Waals surface area contributed by atoms with E-state index in [1.54, 1.807) is 0 Å². The van der Waals surface area contributed by atoms with Gasteiger partial charge in [0.05, 0.1) is 11.6 Å². The largest absolute Gasteiger partial charge is 0.454 e. The van der Waals surface area contributed by atoms with Gasteiger partial charge in [0.2, 0.25) is 12.7 Å². The highest BCUT2D eigenvalue weighted by Crippen LogP contribution is 2.32. The Morgan fingerprint density at radius 1 is 1.09 bits per heavy atom. The molecule has 7 heteroatoms. The fourth-order valence-electron chi connectivity index (χ4n) is 4.28. The van der Waals surface area contributed by atoms with E-state index in [2.05, 4.69) is 39.5 Å². The van der Waals surface area contributed by atoms with Crippen LogP contribution in [0.25, 0.3) is 11.3 Å². The van der Waals surface area contributed by atoms with Crippen molar-refractivity contribution in [3.8, 4) is 22.8 Å². The van der Waals surface area contributed by atoms with Crippen molar-refractivity contribution in [3.05, 3.63) is 65.7 Å². The molecule has 1 fully saturated rings. The van der Waals surface area contributed by atoms with E-state index in [9.17, 15) is 4.79 Å². The summed E-state index contributed by atoms with van der Waals surface area (Å²) in [6.07, 6.45) is 1.82. The summed E-state index contributed by atoms with van der Waals surface area (Å²) in [6.45, 7) is 4.31. The lowest BCUT2D eigenvalue weighted by molar-refractivity contribution is -0.125. The second-order valence-corrected chi connectivity index (χ2v) is 8.28. The highest BCUT2D eigenvalue weighted by Gasteiger charge is 2.27. The number of fused-ring (bicyclic) bond motifs is 1. The maximum absolute atomic E-state index is 12.8. The number of nitrogens with one attached hydrogen (secondary N) is 1. The molecule has 0 aliphatic carbocycles. The van der Waals surface area contributed by atoms with Crippen molar-refractivity contribution >= 4 is 11.7 Å². The summed E-state index contributed by atoms with van der Waals surface area (Å²) >= 11 is 0. The van der Waals surface area contributed by atoms with Gasteiger partial charge in [0, 0.05) is 25.2 Å². The van der Waals surface area contributed by atoms with Crippen LogP contribution >= 0.6 is 0 Å². The molecular weight excluding hydrogens is 404 g/mol. The molecule has 32 heavy (non-hydrogen) atoms. The Balaban J connectivity index is 1.20. The number of hydrogen-bond acceptors (Lipinski definition) is 6. The molecule has 2 aliphatic rings. The van der Waals surface area contributed by atoms with Crippen LogP contribution in [0.1, 0.15) is 24.0 Å². The third-order valence-corrected chi connectivity index (χ3v) is 6.09. The molecule has 3 aromatic rings. The summed E-state index contributed by atoms with van der Waals surface area (Å²) in [6, 6.07) is 17.9. The smallest absolute Gasteiger partial charge is 0.231 e. The number of piperidine rings is 1. The van der Waals surface area contributed by atoms with Gasteiger partial charge >= 0.3 is 0 Å². The van der Waals surface area contributed by atoms with Gasteiger partial charge in [-0.05, 0) is 55.2 Å². The summed E-state index contributed by atoms with van der Waals surface area (Å²) in [4.78, 5) is 15.0. The molecule has 0 saturated carbocycles. The molecule has 0 unspecified atom stereocenters. The summed E-state index contributed by atoms with van der Waals surface area (Å²) < 4.78 is 10.8. The second kappa shape index (κ2) is 8.86. The van der Waals surface area contributed by atoms with Crippen molar-refractivity contribution in [2.24, 2.45) is 5.92 Å². The van der Waals surface area contributed by atoms with Gasteiger partial charge < -0.3 is 19.7 Å². The average molecular weight is 431 g/mol. The highest BCUT2D eigenvalue weighted by atomic mass is 16.7. The molecule has 0 bridgehead atoms. The van der Waals surface area contributed by atoms with Crippen LogP contribution in [-0.2, 0) is 11.3 Å². The maximum Gasteiger partial charge on any atom is 0.231 e. The average Bonchev–Trinajstić information content (AvgIpc) is 3.31. The minimum absolute atomic E-state index is 0.0665. The Labute approximate surface area is 187 Å². The molecule has 2 aliphatic heterocycles. The van der Waals surface area contributed by atoms with E-state index < -0.39 is 0 Å². The number of aromatic nitrogens is 2. The van der Waals surface area contributed by atoms with Crippen molar-refractivity contribution in [2.75, 3.05) is 24.8 Å². The van der Waals surface area contributed by atoms with Gasteiger partial charge in [0.15, 0.2) is 17.3 Å². The molecule has 1 aromatic heterocycles. The minimum Gasteiger partial charge on any atom is -0.454 e. The van der Waals surface area contributed by atoms with Crippen LogP contribution in [0.3, 0.4) is 0 Å². The normalized spacial score (nSPS) is 17.3. The summed E-state index contributed by atoms with van der Waals surface area (Å²) in [5.74, 6) is 2.29. The molecule has 1 atom stereocenters. The Morgan fingerprint density at radius 3 is 2.81 bits per heavy atom. The molecule has 1 N–H and O–H groups in total. The zero-order valence-corrected chi connectivity index (χ0v) is 18.1. The van der Waals surface area contributed by atoms with Crippen LogP contribution in [0.5, 0.6) is 11.5 Å². The van der Waals surface area contributed by atoms with Gasteiger partial charge in [0.25, 0.3) is 0 Å². The number of hydrogen-bond donors (Lipinski definition) is 1. The van der Waals surface area contributed by atoms with Crippen LogP contribution in [0.4, 0.5) is 5.82 Å². The Morgan fingerprint density at radius 2 is 1.97 bits per heavy atom. The summed E-state index contributed by atoms with van der Waals surface area (Å²) in [5.41, 5.74) is 4.12. The molecule has 5 rings (SSSR count). The number of carbonyl (C=O) groups is 1. The number of amides is 1. The molecule has 7 nitrogen and oxygen atoms in total. The number of aryl methyl sites for hydroxylation is 1. The van der Waals surface area contributed by atoms with Gasteiger partial charge in [-0.3, -0.25) is 4.79 Å². The van der Waals surface area contributed by atoms with Crippen LogP contribution in [0.15, 0.2) is 54.6 Å². The first kappa shape index (κ1) is 20.3. The number of benzene rings is 2. The number of ether oxygens (including phenoxy) is 2. The van der Waals surface area contributed by atoms with E-state index in [1.165, 1.54) is 5.56 Å². The Hall–Kier alpha value is -3.61. The summed E-state index contributed by atoms with van der Waals surface area (Å²) in [5, 5.41) is 12.0. The monoisotopic (exact) mass is 430 g/mol. The van der Waals surface area contributed by atoms with Crippen LogP contribution in [0.2, 0.25) is 0 Å². The van der Waals surface area contributed by atoms with E-state index in [1.807, 2.05) is 42.5 Å². The molecule has 0 radical (unpaired) electrons. The predicted molar refractivity (Wildman–Crippen MR) is 122 cm³/mol. The molecular formula is C25H26N4O3. The Bertz CT molecular complexity index is 1120. The Kier molecular flexibility index (Phi) is 5.62. The molecule has 1 saturated heterocycles. The van der Waals surface area contributed by atoms with Gasteiger partial charge in [-0.15, -0.1) is 10.2 Å². The molecule has 3 heterocycles. The fraction of sp³-hybridized carbons (Fsp3) is 0.320. The van der Waals surface area contributed by atoms with Gasteiger partial charge in [-0.1, -0.05) is 30.3 Å². The van der Waals surface area contributed by atoms with Crippen LogP contribution < -0.4 is 19.7 Å². The SMILES string of the molecule is Cc1ccccc1-c1ccc(N2CCC[C@H](C(=O)NCc3ccc4c(c3)OCO4)C2)nn1. The first-order valence-corrected chi connectivity index (χ1v) is 11.0. The van der Waals surface area contributed by atoms with Gasteiger partial charge in [0.1, 0.15) is 0 Å². The van der Waals surface area contributed by atoms with Crippen molar-refractivity contribution in [2.45, 2.75) is 26.3 Å². The van der Waals surface area contributed by atoms with E-state index in [0.717, 1.165) is 53.5 Å². The standard InChI is InChI=1S/C25H26N4O3/c1-17-5-2-3-7-20(17)21-9-11-24(28-27-21)29-12-4-6-19(15-29)25(30)26-14-18-8-10-22-23(13-18)32-16-31-22/h2-3,5,7-11,13,19H,4,6,12,14-16H2,1H3,(H,26,30)/t19-/m0/s1. The predicted octanol–water partition coefficient (Wildman–Crippen LogP) is 3.71. The van der Waals surface area contributed by atoms with E-state index >= 15 is 0 Å². The quantitative estimate of drug-likeness (QED) is 0.665. The lowest BCUT2D eigenvalue weighted by Crippen LogP contribution is -2.43. The summed E-state index contributed by atoms with van der Waals surface area (Å²) in [7, 11) is 0. The fourth-order valence-corrected chi connectivity index (χ4v) is 4.28. The van der Waals surface area contributed by atoms with Gasteiger partial charge in [-0.25, -0.2) is 0 Å². The van der Waals surface area contributed by atoms with E-state index in [0.29, 0.717) is 13.1 Å². The molecule has 1 amide bonds. The number of nitrogens with zero attached hydrogens (tertiary/aromatic N) is 3.